The van der Waals surface area contributed by atoms with Gasteiger partial charge in [-0.2, -0.15) is 4.40 Å². The van der Waals surface area contributed by atoms with E-state index in [0.717, 1.165) is 28.4 Å². The van der Waals surface area contributed by atoms with Gasteiger partial charge in [-0.1, -0.05) is 24.3 Å². The van der Waals surface area contributed by atoms with Gasteiger partial charge >= 0.3 is 0 Å². The number of allylic oxidation sites excluding steroid dienone is 1. The van der Waals surface area contributed by atoms with Crippen LogP contribution in [-0.2, 0) is 20.9 Å². The van der Waals surface area contributed by atoms with Crippen LogP contribution < -0.4 is 15.6 Å². The lowest BCUT2D eigenvalue weighted by molar-refractivity contribution is -0.682. The monoisotopic (exact) mass is 642 g/mol. The number of rotatable bonds is 8. The molecule has 5 rings (SSSR count). The SMILES string of the molecule is Cc1sc2c[n+](CC(N)=O)cn2c1/C=C/[C@@H]1C[C@H](SC2=C(C(=O)I)N3C(=O)[C@H]([C@@H](C)O)[C@H]3[C@H]2C)CN1. The number of imidazole rings is 1. The zero-order chi connectivity index (χ0) is 25.9. The number of nitrogens with one attached hydrogen (secondary N) is 1. The average molecular weight is 643 g/mol. The molecule has 2 fully saturated rings. The third-order valence-electron chi connectivity index (χ3n) is 7.19. The number of primary amides is 1. The highest BCUT2D eigenvalue weighted by Gasteiger charge is 2.59. The Morgan fingerprint density at radius 1 is 1.47 bits per heavy atom. The van der Waals surface area contributed by atoms with Crippen molar-refractivity contribution < 1.29 is 24.1 Å². The Labute approximate surface area is 230 Å². The lowest BCUT2D eigenvalue weighted by Gasteiger charge is -2.46. The quantitative estimate of drug-likeness (QED) is 0.174. The molecular formula is C24H29IN5O4S2+. The smallest absolute Gasteiger partial charge is 0.259 e. The topological polar surface area (TPSA) is 121 Å². The van der Waals surface area contributed by atoms with E-state index in [0.29, 0.717) is 5.70 Å². The number of aliphatic hydroxyl groups excluding tert-OH is 1. The summed E-state index contributed by atoms with van der Waals surface area (Å²) in [6.07, 6.45) is 8.29. The van der Waals surface area contributed by atoms with Crippen LogP contribution in [0.1, 0.15) is 30.8 Å². The molecule has 0 radical (unpaired) electrons. The van der Waals surface area contributed by atoms with Crippen LogP contribution in [0.3, 0.4) is 0 Å². The van der Waals surface area contributed by atoms with E-state index in [-0.39, 0.29) is 45.4 Å². The summed E-state index contributed by atoms with van der Waals surface area (Å²) in [5, 5.41) is 13.9. The number of thiazole rings is 1. The molecule has 3 aliphatic rings. The molecular weight excluding hydrogens is 613 g/mol. The molecule has 192 valence electrons. The van der Waals surface area contributed by atoms with Gasteiger partial charge in [0.2, 0.25) is 14.5 Å². The van der Waals surface area contributed by atoms with Gasteiger partial charge in [-0.05, 0) is 26.3 Å². The highest BCUT2D eigenvalue weighted by Crippen LogP contribution is 2.52. The highest BCUT2D eigenvalue weighted by molar-refractivity contribution is 14.1. The first-order valence-corrected chi connectivity index (χ1v) is 14.7. The minimum absolute atomic E-state index is 0.0261. The number of fused-ring (bicyclic) bond motifs is 2. The fourth-order valence-electron chi connectivity index (χ4n) is 5.56. The van der Waals surface area contributed by atoms with E-state index in [1.807, 2.05) is 12.5 Å². The van der Waals surface area contributed by atoms with Gasteiger partial charge < -0.3 is 21.1 Å². The summed E-state index contributed by atoms with van der Waals surface area (Å²) >= 11 is 5.13. The molecule has 2 amide bonds. The number of aliphatic hydroxyl groups is 1. The molecule has 2 aromatic rings. The van der Waals surface area contributed by atoms with E-state index in [1.165, 1.54) is 4.88 Å². The second-order valence-electron chi connectivity index (χ2n) is 9.72. The maximum atomic E-state index is 12.7. The molecule has 3 aliphatic heterocycles. The Balaban J connectivity index is 1.29. The minimum atomic E-state index is -0.726. The molecule has 5 heterocycles. The van der Waals surface area contributed by atoms with Gasteiger partial charge in [-0.15, -0.1) is 11.8 Å². The number of thioether (sulfide) groups is 1. The molecule has 36 heavy (non-hydrogen) atoms. The zero-order valence-corrected chi connectivity index (χ0v) is 24.0. The van der Waals surface area contributed by atoms with Gasteiger partial charge in [0.25, 0.3) is 12.2 Å². The summed E-state index contributed by atoms with van der Waals surface area (Å²) in [5.74, 6) is -0.941. The van der Waals surface area contributed by atoms with Crippen LogP contribution in [0.25, 0.3) is 10.9 Å². The van der Waals surface area contributed by atoms with Crippen molar-refractivity contribution in [2.24, 2.45) is 17.6 Å². The first-order valence-electron chi connectivity index (χ1n) is 11.9. The van der Waals surface area contributed by atoms with Crippen molar-refractivity contribution in [3.63, 3.8) is 0 Å². The molecule has 12 heteroatoms. The molecule has 0 unspecified atom stereocenters. The van der Waals surface area contributed by atoms with Crippen molar-refractivity contribution in [1.29, 1.82) is 0 Å². The second kappa shape index (κ2) is 9.86. The Hall–Kier alpha value is -1.74. The molecule has 6 atom stereocenters. The predicted molar refractivity (Wildman–Crippen MR) is 147 cm³/mol. The van der Waals surface area contributed by atoms with E-state index in [1.54, 1.807) is 62.1 Å². The maximum Gasteiger partial charge on any atom is 0.259 e. The number of nitrogens with two attached hydrogens (primary N) is 1. The van der Waals surface area contributed by atoms with Crippen molar-refractivity contribution in [2.45, 2.75) is 57.2 Å². The number of aryl methyl sites for hydroxylation is 1. The molecule has 0 spiro atoms. The maximum absolute atomic E-state index is 12.7. The average Bonchev–Trinajstić information content (AvgIpc) is 3.50. The summed E-state index contributed by atoms with van der Waals surface area (Å²) in [5.41, 5.74) is 6.92. The summed E-state index contributed by atoms with van der Waals surface area (Å²) in [6, 6.07) is 0.0479. The van der Waals surface area contributed by atoms with Crippen molar-refractivity contribution in [3.05, 3.63) is 39.8 Å². The highest BCUT2D eigenvalue weighted by atomic mass is 127. The number of carbonyl (C=O) groups excluding carboxylic acids is 3. The van der Waals surface area contributed by atoms with Crippen molar-refractivity contribution >= 4 is 72.2 Å². The minimum Gasteiger partial charge on any atom is -0.393 e. The normalized spacial score (nSPS) is 28.9. The van der Waals surface area contributed by atoms with Crippen LogP contribution in [0.5, 0.6) is 0 Å². The summed E-state index contributed by atoms with van der Waals surface area (Å²) < 4.78 is 3.75. The Kier molecular flexibility index (Phi) is 7.09. The molecule has 0 saturated carbocycles. The lowest BCUT2D eigenvalue weighted by atomic mass is 9.79. The summed E-state index contributed by atoms with van der Waals surface area (Å²) in [4.78, 5) is 41.3. The van der Waals surface area contributed by atoms with Gasteiger partial charge in [0.1, 0.15) is 17.6 Å². The molecule has 0 aliphatic carbocycles. The van der Waals surface area contributed by atoms with Crippen molar-refractivity contribution in [3.8, 4) is 0 Å². The van der Waals surface area contributed by atoms with E-state index in [2.05, 4.69) is 35.7 Å². The lowest BCUT2D eigenvalue weighted by Crippen LogP contribution is -2.63. The number of hydrogen-bond donors (Lipinski definition) is 3. The Morgan fingerprint density at radius 2 is 2.22 bits per heavy atom. The third-order valence-corrected chi connectivity index (χ3v) is 10.2. The zero-order valence-electron chi connectivity index (χ0n) is 20.2. The number of β-lactam (4-membered cyclic amide) rings is 1. The molecule has 2 saturated heterocycles. The van der Waals surface area contributed by atoms with Crippen LogP contribution in [-0.4, -0.2) is 60.0 Å². The number of halogens is 1. The summed E-state index contributed by atoms with van der Waals surface area (Å²) in [7, 11) is 0. The van der Waals surface area contributed by atoms with Crippen molar-refractivity contribution in [1.82, 2.24) is 14.6 Å². The number of amides is 2. The van der Waals surface area contributed by atoms with Gasteiger partial charge in [-0.25, -0.2) is 4.57 Å². The second-order valence-corrected chi connectivity index (χ2v) is 13.3. The fourth-order valence-corrected chi connectivity index (χ4v) is 8.81. The van der Waals surface area contributed by atoms with Crippen LogP contribution in [0.15, 0.2) is 29.2 Å². The van der Waals surface area contributed by atoms with Gasteiger partial charge in [0.15, 0.2) is 6.54 Å². The van der Waals surface area contributed by atoms with Gasteiger partial charge in [0.05, 0.1) is 22.9 Å². The molecule has 0 bridgehead atoms. The van der Waals surface area contributed by atoms with Crippen molar-refractivity contribution in [2.75, 3.05) is 6.54 Å². The number of hydrogen-bond acceptors (Lipinski definition) is 7. The van der Waals surface area contributed by atoms with Gasteiger partial charge in [0, 0.05) is 51.3 Å². The Morgan fingerprint density at radius 3 is 2.89 bits per heavy atom. The predicted octanol–water partition coefficient (Wildman–Crippen LogP) is 1.59. The molecule has 9 nitrogen and oxygen atoms in total. The number of aromatic nitrogens is 2. The third kappa shape index (κ3) is 4.44. The molecule has 2 aromatic heterocycles. The fraction of sp³-hybridized carbons (Fsp3) is 0.500. The number of nitrogens with zero attached hydrogens (tertiary/aromatic N) is 3. The van der Waals surface area contributed by atoms with Gasteiger partial charge in [-0.3, -0.25) is 14.4 Å². The van der Waals surface area contributed by atoms with Crippen LogP contribution >= 0.6 is 45.7 Å². The van der Waals surface area contributed by atoms with E-state index >= 15 is 0 Å². The Bertz CT molecular complexity index is 1320. The standard InChI is InChI=1S/C24H28IN5O4S2/c1-11-20-19(12(2)31)24(34)30(20)21(23(25)33)22(11)36-15-6-14(27-7-15)4-5-16-13(3)35-18-9-28(8-17(26)32)10-29(16)18/h4-5,9-12,14-15,19-20,27,31H,6-8H2,1-3H3,(H-,26,32)/p+1/b5-4+/t11-,12-,14-,15+,19-,20-/m1/s1. The first kappa shape index (κ1) is 25.9. The molecule has 4 N–H and O–H groups in total. The van der Waals surface area contributed by atoms with Crippen LogP contribution in [0.2, 0.25) is 0 Å². The van der Waals surface area contributed by atoms with Crippen LogP contribution in [0.4, 0.5) is 0 Å². The molecule has 0 aromatic carbocycles. The first-order chi connectivity index (χ1) is 17.1. The summed E-state index contributed by atoms with van der Waals surface area (Å²) in [6.45, 7) is 6.74. The number of carbonyl (C=O) groups is 3. The largest absolute Gasteiger partial charge is 0.393 e. The van der Waals surface area contributed by atoms with E-state index in [4.69, 9.17) is 5.73 Å². The van der Waals surface area contributed by atoms with E-state index in [9.17, 15) is 19.5 Å². The van der Waals surface area contributed by atoms with Crippen LogP contribution in [0, 0.1) is 18.8 Å². The van der Waals surface area contributed by atoms with E-state index < -0.39 is 12.0 Å².